The van der Waals surface area contributed by atoms with E-state index >= 15 is 0 Å². The van der Waals surface area contributed by atoms with Gasteiger partial charge < -0.3 is 5.11 Å². The van der Waals surface area contributed by atoms with E-state index in [0.29, 0.717) is 0 Å². The van der Waals surface area contributed by atoms with Crippen LogP contribution in [0.15, 0.2) is 48.5 Å². The van der Waals surface area contributed by atoms with Crippen molar-refractivity contribution in [3.63, 3.8) is 0 Å². The molecule has 1 unspecified atom stereocenters. The van der Waals surface area contributed by atoms with Gasteiger partial charge in [-0.25, -0.2) is 8.78 Å². The molecule has 0 radical (unpaired) electrons. The molecule has 0 aromatic heterocycles. The van der Waals surface area contributed by atoms with Crippen molar-refractivity contribution in [1.82, 2.24) is 0 Å². The summed E-state index contributed by atoms with van der Waals surface area (Å²) in [6, 6.07) is 12.8. The van der Waals surface area contributed by atoms with Crippen molar-refractivity contribution in [1.29, 1.82) is 0 Å². The highest BCUT2D eigenvalue weighted by Crippen LogP contribution is 2.41. The maximum Gasteiger partial charge on any atom is 0.123 e. The van der Waals surface area contributed by atoms with E-state index in [-0.39, 0.29) is 23.5 Å². The molecule has 3 rings (SSSR count). The van der Waals surface area contributed by atoms with Crippen LogP contribution < -0.4 is 0 Å². The summed E-state index contributed by atoms with van der Waals surface area (Å²) in [4.78, 5) is 0. The Morgan fingerprint density at radius 3 is 1.90 bits per heavy atom. The third-order valence-corrected chi connectivity index (χ3v) is 4.38. The summed E-state index contributed by atoms with van der Waals surface area (Å²) in [6.07, 6.45) is 2.17. The molecule has 1 aliphatic carbocycles. The normalized spacial score (nSPS) is 21.9. The molecule has 2 aromatic rings. The molecule has 0 saturated heterocycles. The molecule has 2 aromatic carbocycles. The van der Waals surface area contributed by atoms with Crippen molar-refractivity contribution in [3.8, 4) is 0 Å². The lowest BCUT2D eigenvalue weighted by atomic mass is 9.79. The summed E-state index contributed by atoms with van der Waals surface area (Å²) in [5.41, 5.74) is 1.60. The van der Waals surface area contributed by atoms with Crippen LogP contribution in [-0.2, 0) is 0 Å². The fourth-order valence-corrected chi connectivity index (χ4v) is 3.44. The Kier molecular flexibility index (Phi) is 4.02. The second-order valence-corrected chi connectivity index (χ2v) is 5.75. The summed E-state index contributed by atoms with van der Waals surface area (Å²) < 4.78 is 27.1. The Morgan fingerprint density at radius 1 is 0.905 bits per heavy atom. The van der Waals surface area contributed by atoms with E-state index in [1.165, 1.54) is 24.3 Å². The van der Waals surface area contributed by atoms with Crippen molar-refractivity contribution >= 4 is 0 Å². The maximum atomic E-state index is 13.6. The zero-order chi connectivity index (χ0) is 14.8. The van der Waals surface area contributed by atoms with Crippen molar-refractivity contribution in [2.45, 2.75) is 31.3 Å². The Labute approximate surface area is 123 Å². The standard InChI is InChI=1S/C18H18F2O/c19-14-6-1-4-12(10-14)18(16-8-3-9-17(16)21)13-5-2-7-15(20)11-13/h1-2,4-7,10-11,16-18,21H,3,8-9H2/t16?,17-/m0/s1. The first-order valence-electron chi connectivity index (χ1n) is 7.34. The summed E-state index contributed by atoms with van der Waals surface area (Å²) in [5, 5.41) is 10.2. The first-order valence-corrected chi connectivity index (χ1v) is 7.34. The van der Waals surface area contributed by atoms with Crippen LogP contribution in [0.1, 0.15) is 36.3 Å². The Hall–Kier alpha value is -1.74. The third-order valence-electron chi connectivity index (χ3n) is 4.38. The number of hydrogen-bond donors (Lipinski definition) is 1. The van der Waals surface area contributed by atoms with Gasteiger partial charge in [-0.05, 0) is 54.2 Å². The minimum atomic E-state index is -0.415. The lowest BCUT2D eigenvalue weighted by Crippen LogP contribution is -2.22. The third kappa shape index (κ3) is 2.98. The van der Waals surface area contributed by atoms with Crippen LogP contribution in [0.4, 0.5) is 8.78 Å². The van der Waals surface area contributed by atoms with Crippen LogP contribution in [0.25, 0.3) is 0 Å². The van der Waals surface area contributed by atoms with Gasteiger partial charge in [-0.3, -0.25) is 0 Å². The van der Waals surface area contributed by atoms with Gasteiger partial charge in [-0.2, -0.15) is 0 Å². The minimum absolute atomic E-state index is 0.00796. The first kappa shape index (κ1) is 14.2. The van der Waals surface area contributed by atoms with E-state index < -0.39 is 6.10 Å². The fraction of sp³-hybridized carbons (Fsp3) is 0.333. The second-order valence-electron chi connectivity index (χ2n) is 5.75. The van der Waals surface area contributed by atoms with E-state index in [2.05, 4.69) is 0 Å². The second kappa shape index (κ2) is 5.94. The van der Waals surface area contributed by atoms with Crippen molar-refractivity contribution < 1.29 is 13.9 Å². The maximum absolute atomic E-state index is 13.6. The van der Waals surface area contributed by atoms with Gasteiger partial charge in [0.2, 0.25) is 0 Å². The predicted molar refractivity (Wildman–Crippen MR) is 78.0 cm³/mol. The van der Waals surface area contributed by atoms with Crippen LogP contribution in [0.5, 0.6) is 0 Å². The Balaban J connectivity index is 2.06. The zero-order valence-electron chi connectivity index (χ0n) is 11.7. The van der Waals surface area contributed by atoms with Crippen molar-refractivity contribution in [2.24, 2.45) is 5.92 Å². The quantitative estimate of drug-likeness (QED) is 0.895. The van der Waals surface area contributed by atoms with Crippen LogP contribution in [0.2, 0.25) is 0 Å². The van der Waals surface area contributed by atoms with Gasteiger partial charge in [0.15, 0.2) is 0 Å². The smallest absolute Gasteiger partial charge is 0.123 e. The highest BCUT2D eigenvalue weighted by atomic mass is 19.1. The Morgan fingerprint density at radius 2 is 1.48 bits per heavy atom. The SMILES string of the molecule is O[C@H]1CCCC1C(c1cccc(F)c1)c1cccc(F)c1. The lowest BCUT2D eigenvalue weighted by Gasteiger charge is -2.27. The molecule has 110 valence electrons. The molecule has 0 bridgehead atoms. The Bertz CT molecular complexity index is 581. The van der Waals surface area contributed by atoms with Gasteiger partial charge in [0.1, 0.15) is 11.6 Å². The first-order chi connectivity index (χ1) is 10.1. The molecular weight excluding hydrogens is 270 g/mol. The van der Waals surface area contributed by atoms with Crippen LogP contribution in [-0.4, -0.2) is 11.2 Å². The number of halogens is 2. The molecule has 0 spiro atoms. The number of benzene rings is 2. The minimum Gasteiger partial charge on any atom is -0.393 e. The fourth-order valence-electron chi connectivity index (χ4n) is 3.44. The van der Waals surface area contributed by atoms with Gasteiger partial charge in [0, 0.05) is 5.92 Å². The summed E-state index contributed by atoms with van der Waals surface area (Å²) in [5.74, 6) is -0.773. The number of hydrogen-bond acceptors (Lipinski definition) is 1. The summed E-state index contributed by atoms with van der Waals surface area (Å²) in [7, 11) is 0. The van der Waals surface area contributed by atoms with Crippen LogP contribution in [0, 0.1) is 17.6 Å². The van der Waals surface area contributed by atoms with Gasteiger partial charge in [-0.1, -0.05) is 30.7 Å². The van der Waals surface area contributed by atoms with E-state index in [1.54, 1.807) is 12.1 Å². The topological polar surface area (TPSA) is 20.2 Å². The molecular formula is C18H18F2O. The predicted octanol–water partition coefficient (Wildman–Crippen LogP) is 4.26. The highest BCUT2D eigenvalue weighted by Gasteiger charge is 2.34. The largest absolute Gasteiger partial charge is 0.393 e. The molecule has 0 aliphatic heterocycles. The molecule has 1 N–H and O–H groups in total. The van der Waals surface area contributed by atoms with E-state index in [0.717, 1.165) is 30.4 Å². The average molecular weight is 288 g/mol. The molecule has 1 nitrogen and oxygen atoms in total. The van der Waals surface area contributed by atoms with Gasteiger partial charge >= 0.3 is 0 Å². The van der Waals surface area contributed by atoms with E-state index in [9.17, 15) is 13.9 Å². The number of aliphatic hydroxyl groups excluding tert-OH is 1. The number of rotatable bonds is 3. The molecule has 2 atom stereocenters. The van der Waals surface area contributed by atoms with Gasteiger partial charge in [-0.15, -0.1) is 0 Å². The van der Waals surface area contributed by atoms with Crippen LogP contribution >= 0.6 is 0 Å². The molecule has 1 fully saturated rings. The molecule has 0 amide bonds. The van der Waals surface area contributed by atoms with Crippen LogP contribution in [0.3, 0.4) is 0 Å². The lowest BCUT2D eigenvalue weighted by molar-refractivity contribution is 0.124. The molecule has 1 aliphatic rings. The van der Waals surface area contributed by atoms with E-state index in [4.69, 9.17) is 0 Å². The summed E-state index contributed by atoms with van der Waals surface area (Å²) >= 11 is 0. The van der Waals surface area contributed by atoms with Gasteiger partial charge in [0.25, 0.3) is 0 Å². The van der Waals surface area contributed by atoms with Crippen molar-refractivity contribution in [3.05, 3.63) is 71.3 Å². The molecule has 3 heteroatoms. The monoisotopic (exact) mass is 288 g/mol. The molecule has 1 saturated carbocycles. The van der Waals surface area contributed by atoms with E-state index in [1.807, 2.05) is 12.1 Å². The molecule has 21 heavy (non-hydrogen) atoms. The summed E-state index contributed by atoms with van der Waals surface area (Å²) in [6.45, 7) is 0. The molecule has 0 heterocycles. The van der Waals surface area contributed by atoms with Crippen molar-refractivity contribution in [2.75, 3.05) is 0 Å². The number of aliphatic hydroxyl groups is 1. The zero-order valence-corrected chi connectivity index (χ0v) is 11.7. The van der Waals surface area contributed by atoms with Gasteiger partial charge in [0.05, 0.1) is 6.10 Å². The average Bonchev–Trinajstić information content (AvgIpc) is 2.86. The highest BCUT2D eigenvalue weighted by molar-refractivity contribution is 5.34.